The van der Waals surface area contributed by atoms with Crippen molar-refractivity contribution in [2.75, 3.05) is 21.3 Å². The first kappa shape index (κ1) is 74.7. The number of para-hydroxylation sites is 1. The Bertz CT molecular complexity index is 7790. The molecule has 0 spiro atoms. The number of fused-ring (bicyclic) bond motifs is 24. The number of anilines is 8. The third-order valence-electron chi connectivity index (χ3n) is 26.2. The van der Waals surface area contributed by atoms with Gasteiger partial charge >= 0.3 is 0 Å². The second kappa shape index (κ2) is 29.1. The van der Waals surface area contributed by atoms with Crippen LogP contribution in [0.5, 0.6) is 0 Å². The van der Waals surface area contributed by atoms with Crippen LogP contribution in [0.15, 0.2) is 368 Å². The fourth-order valence-corrected chi connectivity index (χ4v) is 23.3. The van der Waals surface area contributed by atoms with Gasteiger partial charge in [-0.3, -0.25) is 0 Å². The van der Waals surface area contributed by atoms with E-state index >= 15 is 0 Å². The third-order valence-corrected chi connectivity index (χ3v) is 29.7. The molecule has 0 radical (unpaired) electrons. The summed E-state index contributed by atoms with van der Waals surface area (Å²) < 4.78 is 14.0. The molecule has 25 rings (SSSR count). The number of thiophene rings is 3. The van der Waals surface area contributed by atoms with Gasteiger partial charge in [-0.15, -0.1) is 34.0 Å². The molecule has 0 unspecified atom stereocenters. The van der Waals surface area contributed by atoms with Crippen LogP contribution in [-0.2, 0) is 21.7 Å². The highest BCUT2D eigenvalue weighted by molar-refractivity contribution is 7.27. The molecule has 588 valence electrons. The van der Waals surface area contributed by atoms with E-state index in [0.717, 1.165) is 67.4 Å². The fourth-order valence-electron chi connectivity index (χ4n) is 19.9. The predicted molar refractivity (Wildman–Crippen MR) is 526 cm³/mol. The lowest BCUT2D eigenvalue weighted by Gasteiger charge is -2.22. The molecule has 4 heterocycles. The molecule has 21 aromatic rings. The van der Waals surface area contributed by atoms with Crippen molar-refractivity contribution in [3.8, 4) is 55.6 Å². The van der Waals surface area contributed by atoms with Crippen LogP contribution < -0.4 is 21.3 Å². The van der Waals surface area contributed by atoms with Gasteiger partial charge in [0.1, 0.15) is 11.2 Å². The molecule has 4 aromatic heterocycles. The topological polar surface area (TPSA) is 61.3 Å². The second-order valence-corrected chi connectivity index (χ2v) is 38.2. The van der Waals surface area contributed by atoms with Crippen molar-refractivity contribution in [3.05, 3.63) is 408 Å². The van der Waals surface area contributed by atoms with Gasteiger partial charge in [0.2, 0.25) is 0 Å². The van der Waals surface area contributed by atoms with Gasteiger partial charge < -0.3 is 25.7 Å². The van der Waals surface area contributed by atoms with Crippen LogP contribution in [0, 0.1) is 0 Å². The van der Waals surface area contributed by atoms with E-state index in [1.807, 2.05) is 52.2 Å². The molecule has 0 amide bonds. The highest BCUT2D eigenvalue weighted by atomic mass is 32.1. The van der Waals surface area contributed by atoms with Crippen LogP contribution in [0.3, 0.4) is 0 Å². The lowest BCUT2D eigenvalue weighted by molar-refractivity contribution is 0.660. The van der Waals surface area contributed by atoms with Crippen LogP contribution in [0.4, 0.5) is 45.5 Å². The van der Waals surface area contributed by atoms with Crippen LogP contribution >= 0.6 is 34.0 Å². The van der Waals surface area contributed by atoms with Crippen LogP contribution in [0.25, 0.3) is 138 Å². The predicted octanol–water partition coefficient (Wildman–Crippen LogP) is 33.6. The summed E-state index contributed by atoms with van der Waals surface area (Å²) in [6.45, 7) is 18.6. The van der Waals surface area contributed by atoms with Crippen molar-refractivity contribution in [1.29, 1.82) is 0 Å². The van der Waals surface area contributed by atoms with Gasteiger partial charge in [0, 0.05) is 134 Å². The zero-order valence-electron chi connectivity index (χ0n) is 69.3. The minimum Gasteiger partial charge on any atom is -0.456 e. The highest BCUT2D eigenvalue weighted by Crippen LogP contribution is 2.55. The van der Waals surface area contributed by atoms with E-state index in [4.69, 9.17) is 4.42 Å². The molecule has 4 aliphatic carbocycles. The molecule has 0 aliphatic heterocycles. The maximum Gasteiger partial charge on any atom is 0.137 e. The van der Waals surface area contributed by atoms with Gasteiger partial charge in [-0.2, -0.15) is 0 Å². The average Bonchev–Trinajstić information content (AvgIpc) is 1.60. The zero-order valence-corrected chi connectivity index (χ0v) is 71.7. The summed E-state index contributed by atoms with van der Waals surface area (Å²) in [4.78, 5) is 0. The maximum atomic E-state index is 6.04. The first-order valence-electron chi connectivity index (χ1n) is 42.2. The Balaban J connectivity index is 0.0000000975. The minimum atomic E-state index is -0.0115. The molecule has 4 aliphatic rings. The van der Waals surface area contributed by atoms with Crippen LogP contribution in [0.2, 0.25) is 0 Å². The SMILES string of the molecule is CC1(C)c2ccccc2-c2cc(Nc3ccc4c(c3)oc3ccccc34)ccc21.CC1(C)c2ccccc2-c2ccc(Nc3cc(-c4ccccc4)cc4c3sc3ccccc34)cc21.CC1(C)c2ccccc2-c2ccc(Nc3ccc4c(c3)sc3ccccc34)cc21.CC1(C)c2ccccc2-c2ccc(Nc3ccc4sc5ccccc5c4c3)cc21. The Kier molecular flexibility index (Phi) is 17.8. The summed E-state index contributed by atoms with van der Waals surface area (Å²) in [7, 11) is 0. The van der Waals surface area contributed by atoms with Gasteiger partial charge in [-0.05, 0) is 228 Å². The molecule has 122 heavy (non-hydrogen) atoms. The van der Waals surface area contributed by atoms with Crippen molar-refractivity contribution in [2.24, 2.45) is 0 Å². The van der Waals surface area contributed by atoms with Gasteiger partial charge in [-0.25, -0.2) is 0 Å². The van der Waals surface area contributed by atoms with E-state index in [9.17, 15) is 0 Å². The number of hydrogen-bond donors (Lipinski definition) is 4. The van der Waals surface area contributed by atoms with Crippen LogP contribution in [0.1, 0.15) is 99.9 Å². The summed E-state index contributed by atoms with van der Waals surface area (Å²) in [6, 6.07) is 132. The molecular formula is C114H88N4OS3. The summed E-state index contributed by atoms with van der Waals surface area (Å²) in [5.41, 5.74) is 35.4. The average molecular weight is 1630 g/mol. The van der Waals surface area contributed by atoms with E-state index in [1.54, 1.807) is 0 Å². The smallest absolute Gasteiger partial charge is 0.137 e. The Hall–Kier alpha value is -13.6. The number of furan rings is 1. The Morgan fingerprint density at radius 1 is 0.197 bits per heavy atom. The Labute approximate surface area is 723 Å². The normalized spacial score (nSPS) is 14.0. The first-order chi connectivity index (χ1) is 59.4. The van der Waals surface area contributed by atoms with Crippen molar-refractivity contribution >= 4 is 162 Å². The molecule has 8 heteroatoms. The summed E-state index contributed by atoms with van der Waals surface area (Å²) in [6.07, 6.45) is 0. The number of benzene rings is 17. The van der Waals surface area contributed by atoms with Gasteiger partial charge in [-0.1, -0.05) is 286 Å². The Morgan fingerprint density at radius 3 is 1.11 bits per heavy atom. The molecular weight excluding hydrogens is 1540 g/mol. The molecule has 17 aromatic carbocycles. The first-order valence-corrected chi connectivity index (χ1v) is 44.7. The zero-order chi connectivity index (χ0) is 82.3. The largest absolute Gasteiger partial charge is 0.456 e. The van der Waals surface area contributed by atoms with E-state index in [2.05, 4.69) is 422 Å². The molecule has 0 fully saturated rings. The quantitative estimate of drug-likeness (QED) is 0.116. The van der Waals surface area contributed by atoms with Gasteiger partial charge in [0.15, 0.2) is 0 Å². The highest BCUT2D eigenvalue weighted by Gasteiger charge is 2.39. The lowest BCUT2D eigenvalue weighted by Crippen LogP contribution is -2.15. The minimum absolute atomic E-state index is 0.0115. The van der Waals surface area contributed by atoms with Crippen LogP contribution in [-0.4, -0.2) is 0 Å². The van der Waals surface area contributed by atoms with Gasteiger partial charge in [0.25, 0.3) is 0 Å². The van der Waals surface area contributed by atoms with E-state index in [0.29, 0.717) is 0 Å². The van der Waals surface area contributed by atoms with Crippen molar-refractivity contribution in [1.82, 2.24) is 0 Å². The summed E-state index contributed by atoms with van der Waals surface area (Å²) in [5.74, 6) is 0. The van der Waals surface area contributed by atoms with E-state index in [-0.39, 0.29) is 21.7 Å². The molecule has 0 saturated carbocycles. The maximum absolute atomic E-state index is 6.04. The summed E-state index contributed by atoms with van der Waals surface area (Å²) in [5, 5.41) is 25.0. The molecule has 5 nitrogen and oxygen atoms in total. The fraction of sp³-hybridized carbons (Fsp3) is 0.105. The molecule has 0 saturated heterocycles. The molecule has 4 N–H and O–H groups in total. The Morgan fingerprint density at radius 2 is 0.549 bits per heavy atom. The van der Waals surface area contributed by atoms with Crippen molar-refractivity contribution < 1.29 is 4.42 Å². The van der Waals surface area contributed by atoms with Gasteiger partial charge in [0.05, 0.1) is 10.4 Å². The second-order valence-electron chi connectivity index (χ2n) is 35.0. The monoisotopic (exact) mass is 1620 g/mol. The van der Waals surface area contributed by atoms with Crippen molar-refractivity contribution in [3.63, 3.8) is 0 Å². The number of hydrogen-bond acceptors (Lipinski definition) is 8. The third kappa shape index (κ3) is 12.7. The molecule has 0 bridgehead atoms. The van der Waals surface area contributed by atoms with E-state index in [1.165, 1.54) is 161 Å². The lowest BCUT2D eigenvalue weighted by atomic mass is 9.82. The van der Waals surface area contributed by atoms with E-state index < -0.39 is 0 Å². The standard InChI is InChI=1S/C33H25NS.C27H21NO.2C27H21NS/c1-33(2)28-14-8-6-12-24(28)25-17-16-23(20-29(25)33)34-30-19-22(21-10-4-3-5-11-21)18-27-26-13-7-9-15-31(26)35-32(27)30;1-27(2)23-9-5-3-7-19(23)22-15-17(12-14-24(22)27)28-18-11-13-21-20-8-4-6-10-25(20)29-26(21)16-18;1-27(2)23-9-5-3-7-19(23)20-13-11-18(16-24(20)27)28-17-12-14-26-22(15-17)21-8-4-6-10-25(21)29-26;1-27(2)23-9-5-3-7-19(23)20-13-11-17(15-24(20)27)28-18-12-14-22-21-8-4-6-10-25(21)29-26(22)16-18/h3-20,34H,1-2H3;3*3-16,28H,1-2H3. The number of nitrogens with one attached hydrogen (secondary N) is 4. The molecule has 0 atom stereocenters. The summed E-state index contributed by atoms with van der Waals surface area (Å²) >= 11 is 5.58. The van der Waals surface area contributed by atoms with Crippen molar-refractivity contribution in [2.45, 2.75) is 77.0 Å². The number of rotatable bonds is 9.